The van der Waals surface area contributed by atoms with Crippen LogP contribution in [0.3, 0.4) is 0 Å². The Kier molecular flexibility index (Phi) is 4.64. The number of anilines is 1. The number of methoxy groups -OCH3 is 1. The first-order valence-electron chi connectivity index (χ1n) is 11.2. The van der Waals surface area contributed by atoms with Crippen LogP contribution < -0.4 is 14.8 Å². The van der Waals surface area contributed by atoms with Crippen molar-refractivity contribution in [2.24, 2.45) is 5.92 Å². The fourth-order valence-corrected chi connectivity index (χ4v) is 6.16. The molecule has 0 aliphatic carbocycles. The lowest BCUT2D eigenvalue weighted by Gasteiger charge is -2.38. The number of nitrogens with one attached hydrogen (secondary N) is 1. The lowest BCUT2D eigenvalue weighted by Crippen LogP contribution is -2.54. The highest BCUT2D eigenvalue weighted by Crippen LogP contribution is 2.60. The minimum Gasteiger partial charge on any atom is -0.497 e. The molecule has 0 radical (unpaired) electrons. The first kappa shape index (κ1) is 21.1. The second-order valence-corrected chi connectivity index (χ2v) is 9.61. The standard InChI is InChI=1S/C27H23ClN2O4/c1-27-23(15-6-4-3-5-7-15)20-14-34-22-11-9-17(33-2)13-19(22)24(20)30(27)25(31)18-12-16(28)8-10-21(18)29-26(27)32/h3-13,20,23-24H,14H2,1-2H3,(H,29,32)/t20?,23?,24?,27-/m1/s1. The van der Waals surface area contributed by atoms with E-state index in [1.807, 2.05) is 55.5 Å². The predicted molar refractivity (Wildman–Crippen MR) is 129 cm³/mol. The molecule has 4 atom stereocenters. The van der Waals surface area contributed by atoms with Crippen molar-refractivity contribution in [3.63, 3.8) is 0 Å². The third-order valence-corrected chi connectivity index (χ3v) is 7.72. The maximum Gasteiger partial charge on any atom is 0.257 e. The van der Waals surface area contributed by atoms with Gasteiger partial charge in [0.25, 0.3) is 11.8 Å². The van der Waals surface area contributed by atoms with E-state index in [1.165, 1.54) is 0 Å². The van der Waals surface area contributed by atoms with E-state index in [-0.39, 0.29) is 29.7 Å². The number of carbonyl (C=O) groups excluding carboxylic acids is 2. The Morgan fingerprint density at radius 2 is 1.88 bits per heavy atom. The number of amides is 2. The topological polar surface area (TPSA) is 67.9 Å². The molecule has 0 aromatic heterocycles. The second-order valence-electron chi connectivity index (χ2n) is 9.18. The molecule has 3 aromatic rings. The van der Waals surface area contributed by atoms with Crippen LogP contribution in [0.15, 0.2) is 66.7 Å². The molecule has 0 saturated carbocycles. The van der Waals surface area contributed by atoms with Crippen LogP contribution in [0, 0.1) is 5.92 Å². The molecular formula is C27H23ClN2O4. The average molecular weight is 475 g/mol. The number of rotatable bonds is 2. The molecule has 3 unspecified atom stereocenters. The Bertz CT molecular complexity index is 1330. The van der Waals surface area contributed by atoms with Gasteiger partial charge in [0.2, 0.25) is 0 Å². The zero-order valence-corrected chi connectivity index (χ0v) is 19.5. The van der Waals surface area contributed by atoms with Crippen molar-refractivity contribution in [2.45, 2.75) is 24.4 Å². The summed E-state index contributed by atoms with van der Waals surface area (Å²) in [6.45, 7) is 2.25. The van der Waals surface area contributed by atoms with Crippen LogP contribution in [0.25, 0.3) is 0 Å². The molecule has 1 N–H and O–H groups in total. The first-order chi connectivity index (χ1) is 16.4. The van der Waals surface area contributed by atoms with E-state index < -0.39 is 5.54 Å². The molecule has 6 nitrogen and oxygen atoms in total. The van der Waals surface area contributed by atoms with Crippen LogP contribution in [-0.4, -0.2) is 36.0 Å². The lowest BCUT2D eigenvalue weighted by molar-refractivity contribution is -0.125. The number of ether oxygens (including phenoxy) is 2. The van der Waals surface area contributed by atoms with Crippen LogP contribution in [0.1, 0.15) is 40.4 Å². The van der Waals surface area contributed by atoms with E-state index in [1.54, 1.807) is 30.2 Å². The van der Waals surface area contributed by atoms with E-state index in [9.17, 15) is 9.59 Å². The van der Waals surface area contributed by atoms with Gasteiger partial charge in [0.1, 0.15) is 17.0 Å². The minimum atomic E-state index is -1.16. The molecule has 3 heterocycles. The van der Waals surface area contributed by atoms with Gasteiger partial charge in [0, 0.05) is 22.4 Å². The lowest BCUT2D eigenvalue weighted by atomic mass is 9.73. The first-order valence-corrected chi connectivity index (χ1v) is 11.6. The zero-order chi connectivity index (χ0) is 23.6. The molecule has 3 aliphatic rings. The summed E-state index contributed by atoms with van der Waals surface area (Å²) in [5, 5.41) is 3.46. The number of fused-ring (bicyclic) bond motifs is 6. The molecule has 172 valence electrons. The third-order valence-electron chi connectivity index (χ3n) is 7.48. The maximum atomic E-state index is 14.2. The molecule has 34 heavy (non-hydrogen) atoms. The SMILES string of the molecule is COc1ccc2c(c1)C1C(CO2)C(c2ccccc2)[C@]2(C)C(=O)Nc3ccc(Cl)cc3C(=O)N12. The van der Waals surface area contributed by atoms with Crippen molar-refractivity contribution in [1.82, 2.24) is 4.90 Å². The van der Waals surface area contributed by atoms with E-state index >= 15 is 0 Å². The van der Waals surface area contributed by atoms with Gasteiger partial charge in [-0.2, -0.15) is 0 Å². The molecule has 0 spiro atoms. The van der Waals surface area contributed by atoms with Gasteiger partial charge in [-0.3, -0.25) is 9.59 Å². The Balaban J connectivity index is 1.63. The fraction of sp³-hybridized carbons (Fsp3) is 0.259. The van der Waals surface area contributed by atoms with Gasteiger partial charge >= 0.3 is 0 Å². The molecule has 2 amide bonds. The van der Waals surface area contributed by atoms with Gasteiger partial charge in [-0.1, -0.05) is 41.9 Å². The third kappa shape index (κ3) is 2.81. The normalized spacial score (nSPS) is 26.9. The molecular weight excluding hydrogens is 452 g/mol. The van der Waals surface area contributed by atoms with Gasteiger partial charge in [0.05, 0.1) is 31.0 Å². The Morgan fingerprint density at radius 1 is 1.09 bits per heavy atom. The van der Waals surface area contributed by atoms with Crippen molar-refractivity contribution in [3.05, 3.63) is 88.4 Å². The highest BCUT2D eigenvalue weighted by atomic mass is 35.5. The summed E-state index contributed by atoms with van der Waals surface area (Å²) in [5.74, 6) is 0.483. The minimum absolute atomic E-state index is 0.137. The van der Waals surface area contributed by atoms with Crippen molar-refractivity contribution >= 4 is 29.1 Å². The Morgan fingerprint density at radius 3 is 2.65 bits per heavy atom. The average Bonchev–Trinajstić information content (AvgIpc) is 3.10. The molecule has 7 heteroatoms. The number of benzene rings is 3. The predicted octanol–water partition coefficient (Wildman–Crippen LogP) is 5.05. The number of halogens is 1. The van der Waals surface area contributed by atoms with Crippen LogP contribution in [0.2, 0.25) is 5.02 Å². The van der Waals surface area contributed by atoms with Gasteiger partial charge in [-0.15, -0.1) is 0 Å². The van der Waals surface area contributed by atoms with Crippen molar-refractivity contribution < 1.29 is 19.1 Å². The summed E-state index contributed by atoms with van der Waals surface area (Å²) in [4.78, 5) is 29.9. The van der Waals surface area contributed by atoms with E-state index in [0.717, 1.165) is 11.1 Å². The van der Waals surface area contributed by atoms with Crippen LogP contribution in [-0.2, 0) is 4.79 Å². The molecule has 1 fully saturated rings. The van der Waals surface area contributed by atoms with Crippen LogP contribution >= 0.6 is 11.6 Å². The quantitative estimate of drug-likeness (QED) is 0.564. The smallest absolute Gasteiger partial charge is 0.257 e. The Labute approximate surface area is 202 Å². The number of hydrogen-bond donors (Lipinski definition) is 1. The summed E-state index contributed by atoms with van der Waals surface area (Å²) >= 11 is 6.27. The van der Waals surface area contributed by atoms with E-state index in [2.05, 4.69) is 5.32 Å². The largest absolute Gasteiger partial charge is 0.497 e. The maximum absolute atomic E-state index is 14.2. The number of hydrogen-bond acceptors (Lipinski definition) is 4. The van der Waals surface area contributed by atoms with Crippen LogP contribution in [0.4, 0.5) is 5.69 Å². The summed E-state index contributed by atoms with van der Waals surface area (Å²) in [7, 11) is 1.61. The van der Waals surface area contributed by atoms with Gasteiger partial charge in [-0.25, -0.2) is 0 Å². The van der Waals surface area contributed by atoms with Crippen molar-refractivity contribution in [2.75, 3.05) is 19.0 Å². The summed E-state index contributed by atoms with van der Waals surface area (Å²) < 4.78 is 11.7. The molecule has 6 rings (SSSR count). The highest BCUT2D eigenvalue weighted by molar-refractivity contribution is 6.31. The molecule has 0 bridgehead atoms. The van der Waals surface area contributed by atoms with Crippen molar-refractivity contribution in [1.29, 1.82) is 0 Å². The zero-order valence-electron chi connectivity index (χ0n) is 18.7. The number of carbonyl (C=O) groups is 2. The summed E-state index contributed by atoms with van der Waals surface area (Å²) in [5.41, 5.74) is 1.52. The summed E-state index contributed by atoms with van der Waals surface area (Å²) in [6, 6.07) is 20.1. The van der Waals surface area contributed by atoms with Crippen LogP contribution in [0.5, 0.6) is 11.5 Å². The molecule has 1 saturated heterocycles. The molecule has 3 aliphatic heterocycles. The Hall–Kier alpha value is -3.51. The highest BCUT2D eigenvalue weighted by Gasteiger charge is 2.65. The molecule has 3 aromatic carbocycles. The van der Waals surface area contributed by atoms with Gasteiger partial charge < -0.3 is 19.7 Å². The van der Waals surface area contributed by atoms with Gasteiger partial charge in [0.15, 0.2) is 0 Å². The van der Waals surface area contributed by atoms with E-state index in [4.69, 9.17) is 21.1 Å². The van der Waals surface area contributed by atoms with Crippen molar-refractivity contribution in [3.8, 4) is 11.5 Å². The fourth-order valence-electron chi connectivity index (χ4n) is 5.99. The summed E-state index contributed by atoms with van der Waals surface area (Å²) in [6.07, 6.45) is 0. The second kappa shape index (κ2) is 7.50. The van der Waals surface area contributed by atoms with E-state index in [0.29, 0.717) is 34.4 Å². The van der Waals surface area contributed by atoms with Gasteiger partial charge in [-0.05, 0) is 48.9 Å². The monoisotopic (exact) mass is 474 g/mol. The number of nitrogens with zero attached hydrogens (tertiary/aromatic N) is 1.